The summed E-state index contributed by atoms with van der Waals surface area (Å²) in [7, 11) is 3.70. The highest BCUT2D eigenvalue weighted by Gasteiger charge is 2.20. The number of hydrogen-bond acceptors (Lipinski definition) is 7. The topological polar surface area (TPSA) is 92.4 Å². The fraction of sp³-hybridized carbons (Fsp3) is 0.517. The van der Waals surface area contributed by atoms with Gasteiger partial charge in [-0.25, -0.2) is 4.79 Å². The molecule has 1 fully saturated rings. The minimum absolute atomic E-state index is 0.120. The maximum Gasteiger partial charge on any atom is 0.407 e. The van der Waals surface area contributed by atoms with Gasteiger partial charge in [0, 0.05) is 37.4 Å². The van der Waals surface area contributed by atoms with E-state index in [2.05, 4.69) is 33.5 Å². The number of carbonyl (C=O) groups excluding carboxylic acids is 2. The van der Waals surface area contributed by atoms with E-state index in [4.69, 9.17) is 14.2 Å². The molecule has 0 aromatic heterocycles. The Bertz CT molecular complexity index is 1110. The van der Waals surface area contributed by atoms with Gasteiger partial charge in [0.1, 0.15) is 12.2 Å². The number of ether oxygens (including phenoxy) is 3. The summed E-state index contributed by atoms with van der Waals surface area (Å²) in [5.74, 6) is 0.983. The molecule has 9 nitrogen and oxygen atoms in total. The maximum atomic E-state index is 13.3. The maximum absolute atomic E-state index is 13.3. The number of aryl methyl sites for hydroxylation is 1. The number of benzene rings is 2. The van der Waals surface area contributed by atoms with Gasteiger partial charge in [0.25, 0.3) is 5.91 Å². The van der Waals surface area contributed by atoms with Crippen LogP contribution in [0.3, 0.4) is 0 Å². The molecule has 208 valence electrons. The number of alkyl carbamates (subject to hydrolysis) is 1. The molecule has 3 rings (SSSR count). The van der Waals surface area contributed by atoms with Gasteiger partial charge in [0.2, 0.25) is 0 Å². The number of amides is 2. The van der Waals surface area contributed by atoms with E-state index >= 15 is 0 Å². The molecule has 0 bridgehead atoms. The average molecular weight is 527 g/mol. The molecule has 0 unspecified atom stereocenters. The number of likely N-dealkylation sites (N-methyl/N-ethyl adjacent to an activating group) is 1. The standard InChI is InChI=1S/C29H42N4O5/c1-20-8-10-23(33-15-13-32(6)14-16-33)19-24(20)27(34)31-21(2)22-9-11-25(36-7)26(18-22)37-17-12-30-28(35)38-29(3,4)5/h8-11,18-19,21H,12-17H2,1-7H3,(H,30,35)(H,31,34)/t21-/m1/s1. The van der Waals surface area contributed by atoms with Crippen molar-refractivity contribution >= 4 is 17.7 Å². The fourth-order valence-corrected chi connectivity index (χ4v) is 4.18. The number of methoxy groups -OCH3 is 1. The lowest BCUT2D eigenvalue weighted by Gasteiger charge is -2.34. The van der Waals surface area contributed by atoms with Crippen LogP contribution in [0.5, 0.6) is 11.5 Å². The number of nitrogens with one attached hydrogen (secondary N) is 2. The van der Waals surface area contributed by atoms with Crippen LogP contribution in [0.4, 0.5) is 10.5 Å². The minimum atomic E-state index is -0.562. The second-order valence-corrected chi connectivity index (χ2v) is 10.7. The van der Waals surface area contributed by atoms with Crippen molar-refractivity contribution in [3.63, 3.8) is 0 Å². The molecule has 1 saturated heterocycles. The van der Waals surface area contributed by atoms with Gasteiger partial charge >= 0.3 is 6.09 Å². The van der Waals surface area contributed by atoms with Gasteiger partial charge in [-0.2, -0.15) is 0 Å². The molecule has 1 aliphatic rings. The lowest BCUT2D eigenvalue weighted by molar-refractivity contribution is 0.0520. The minimum Gasteiger partial charge on any atom is -0.493 e. The van der Waals surface area contributed by atoms with Crippen molar-refractivity contribution in [3.8, 4) is 11.5 Å². The largest absolute Gasteiger partial charge is 0.493 e. The first-order chi connectivity index (χ1) is 18.0. The Morgan fingerprint density at radius 2 is 1.74 bits per heavy atom. The summed E-state index contributed by atoms with van der Waals surface area (Å²) in [6.07, 6.45) is -0.495. The van der Waals surface area contributed by atoms with E-state index in [1.165, 1.54) is 0 Å². The highest BCUT2D eigenvalue weighted by molar-refractivity contribution is 5.96. The summed E-state index contributed by atoms with van der Waals surface area (Å²) in [6.45, 7) is 13.7. The second-order valence-electron chi connectivity index (χ2n) is 10.7. The van der Waals surface area contributed by atoms with Gasteiger partial charge in [-0.05, 0) is 77.1 Å². The van der Waals surface area contributed by atoms with Crippen molar-refractivity contribution in [2.24, 2.45) is 0 Å². The Labute approximate surface area is 226 Å². The SMILES string of the molecule is COc1ccc([C@@H](C)NC(=O)c2cc(N3CCN(C)CC3)ccc2C)cc1OCCNC(=O)OC(C)(C)C. The van der Waals surface area contributed by atoms with Gasteiger partial charge in [0.05, 0.1) is 19.7 Å². The first-order valence-electron chi connectivity index (χ1n) is 13.1. The van der Waals surface area contributed by atoms with Gasteiger partial charge in [0.15, 0.2) is 11.5 Å². The van der Waals surface area contributed by atoms with Crippen molar-refractivity contribution in [2.45, 2.75) is 46.3 Å². The molecule has 0 saturated carbocycles. The van der Waals surface area contributed by atoms with Crippen LogP contribution in [0.1, 0.15) is 55.2 Å². The quantitative estimate of drug-likeness (QED) is 0.474. The second kappa shape index (κ2) is 12.9. The van der Waals surface area contributed by atoms with E-state index in [1.54, 1.807) is 7.11 Å². The molecule has 1 aliphatic heterocycles. The van der Waals surface area contributed by atoms with Crippen molar-refractivity contribution in [3.05, 3.63) is 53.1 Å². The van der Waals surface area contributed by atoms with E-state index in [-0.39, 0.29) is 25.1 Å². The molecule has 1 atom stereocenters. The fourth-order valence-electron chi connectivity index (χ4n) is 4.18. The number of piperazine rings is 1. The van der Waals surface area contributed by atoms with Crippen LogP contribution in [0.25, 0.3) is 0 Å². The first kappa shape index (κ1) is 29.1. The number of rotatable bonds is 9. The summed E-state index contributed by atoms with van der Waals surface area (Å²) in [5, 5.41) is 5.80. The smallest absolute Gasteiger partial charge is 0.407 e. The summed E-state index contributed by atoms with van der Waals surface area (Å²) < 4.78 is 16.6. The van der Waals surface area contributed by atoms with Gasteiger partial charge < -0.3 is 34.6 Å². The van der Waals surface area contributed by atoms with Crippen LogP contribution in [-0.2, 0) is 4.74 Å². The Balaban J connectivity index is 1.63. The van der Waals surface area contributed by atoms with Crippen molar-refractivity contribution in [1.29, 1.82) is 0 Å². The molecule has 2 N–H and O–H groups in total. The van der Waals surface area contributed by atoms with E-state index in [0.717, 1.165) is 43.0 Å². The molecular formula is C29H42N4O5. The molecule has 1 heterocycles. The monoisotopic (exact) mass is 526 g/mol. The van der Waals surface area contributed by atoms with Crippen molar-refractivity contribution in [2.75, 3.05) is 58.4 Å². The van der Waals surface area contributed by atoms with Gasteiger partial charge in [-0.1, -0.05) is 12.1 Å². The van der Waals surface area contributed by atoms with Crippen molar-refractivity contribution < 1.29 is 23.8 Å². The number of nitrogens with zero attached hydrogens (tertiary/aromatic N) is 2. The summed E-state index contributed by atoms with van der Waals surface area (Å²) in [6, 6.07) is 11.4. The third-order valence-corrected chi connectivity index (χ3v) is 6.40. The molecule has 2 amide bonds. The lowest BCUT2D eigenvalue weighted by atomic mass is 10.0. The number of hydrogen-bond donors (Lipinski definition) is 2. The van der Waals surface area contributed by atoms with Gasteiger partial charge in [-0.3, -0.25) is 4.79 Å². The van der Waals surface area contributed by atoms with E-state index < -0.39 is 11.7 Å². The highest BCUT2D eigenvalue weighted by atomic mass is 16.6. The van der Waals surface area contributed by atoms with Crippen LogP contribution in [0, 0.1) is 6.92 Å². The molecule has 0 aliphatic carbocycles. The van der Waals surface area contributed by atoms with Crippen LogP contribution in [-0.4, -0.2) is 76.0 Å². The first-order valence-corrected chi connectivity index (χ1v) is 13.1. The van der Waals surface area contributed by atoms with Crippen LogP contribution in [0.15, 0.2) is 36.4 Å². The normalized spacial score (nSPS) is 15.0. The Hall–Kier alpha value is -3.46. The van der Waals surface area contributed by atoms with Crippen molar-refractivity contribution in [1.82, 2.24) is 15.5 Å². The molecule has 0 spiro atoms. The Morgan fingerprint density at radius 3 is 2.39 bits per heavy atom. The predicted octanol–water partition coefficient (Wildman–Crippen LogP) is 4.15. The Kier molecular flexibility index (Phi) is 9.85. The van der Waals surface area contributed by atoms with E-state index in [1.807, 2.05) is 65.0 Å². The predicted molar refractivity (Wildman–Crippen MR) is 149 cm³/mol. The van der Waals surface area contributed by atoms with E-state index in [9.17, 15) is 9.59 Å². The zero-order valence-electron chi connectivity index (χ0n) is 23.7. The summed E-state index contributed by atoms with van der Waals surface area (Å²) >= 11 is 0. The zero-order valence-corrected chi connectivity index (χ0v) is 23.7. The summed E-state index contributed by atoms with van der Waals surface area (Å²) in [5.41, 5.74) is 2.99. The number of carbonyl (C=O) groups is 2. The van der Waals surface area contributed by atoms with Crippen LogP contribution in [0.2, 0.25) is 0 Å². The lowest BCUT2D eigenvalue weighted by Crippen LogP contribution is -2.44. The Morgan fingerprint density at radius 1 is 1.03 bits per heavy atom. The molecule has 2 aromatic rings. The van der Waals surface area contributed by atoms with Crippen LogP contribution < -0.4 is 25.0 Å². The summed E-state index contributed by atoms with van der Waals surface area (Å²) in [4.78, 5) is 29.8. The molecule has 9 heteroatoms. The third-order valence-electron chi connectivity index (χ3n) is 6.40. The highest BCUT2D eigenvalue weighted by Crippen LogP contribution is 2.30. The van der Waals surface area contributed by atoms with Gasteiger partial charge in [-0.15, -0.1) is 0 Å². The van der Waals surface area contributed by atoms with Crippen LogP contribution >= 0.6 is 0 Å². The zero-order chi connectivity index (χ0) is 27.9. The third kappa shape index (κ3) is 8.28. The molecule has 38 heavy (non-hydrogen) atoms. The van der Waals surface area contributed by atoms with E-state index in [0.29, 0.717) is 17.1 Å². The molecular weight excluding hydrogens is 484 g/mol. The average Bonchev–Trinajstić information content (AvgIpc) is 2.86. The number of anilines is 1. The molecule has 2 aromatic carbocycles. The molecule has 0 radical (unpaired) electrons.